The smallest absolute Gasteiger partial charge is 0.265 e. The van der Waals surface area contributed by atoms with E-state index >= 15 is 0 Å². The lowest BCUT2D eigenvalue weighted by Gasteiger charge is -2.17. The minimum atomic E-state index is -0.645. The molecular weight excluding hydrogens is 368 g/mol. The third-order valence-corrected chi connectivity index (χ3v) is 4.53. The minimum Gasteiger partial charge on any atom is -0.484 e. The summed E-state index contributed by atoms with van der Waals surface area (Å²) in [5.74, 6) is 1.31. The second kappa shape index (κ2) is 9.96. The van der Waals surface area contributed by atoms with E-state index in [1.807, 2.05) is 25.1 Å². The number of amides is 2. The van der Waals surface area contributed by atoms with Gasteiger partial charge in [0.15, 0.2) is 12.7 Å². The van der Waals surface area contributed by atoms with Crippen LogP contribution in [0.25, 0.3) is 0 Å². The van der Waals surface area contributed by atoms with Gasteiger partial charge < -0.3 is 19.7 Å². The highest BCUT2D eigenvalue weighted by Crippen LogP contribution is 2.24. The number of hydrogen-bond acceptors (Lipinski definition) is 4. The lowest BCUT2D eigenvalue weighted by molar-refractivity contribution is -0.130. The molecule has 0 saturated carbocycles. The van der Waals surface area contributed by atoms with Crippen molar-refractivity contribution in [2.24, 2.45) is 0 Å². The van der Waals surface area contributed by atoms with E-state index in [4.69, 9.17) is 9.47 Å². The van der Waals surface area contributed by atoms with Gasteiger partial charge in [0.2, 0.25) is 0 Å². The van der Waals surface area contributed by atoms with E-state index in [9.17, 15) is 9.59 Å². The first-order chi connectivity index (χ1) is 13.7. The molecule has 1 atom stereocenters. The Morgan fingerprint density at radius 1 is 1.00 bits per heavy atom. The second-order valence-electron chi connectivity index (χ2n) is 7.52. The fourth-order valence-electron chi connectivity index (χ4n) is 2.78. The predicted octanol–water partition coefficient (Wildman–Crippen LogP) is 3.99. The molecule has 1 N–H and O–H groups in total. The van der Waals surface area contributed by atoms with Crippen LogP contribution < -0.4 is 14.8 Å². The summed E-state index contributed by atoms with van der Waals surface area (Å²) in [6.07, 6.45) is -0.645. The average Bonchev–Trinajstić information content (AvgIpc) is 2.66. The van der Waals surface area contributed by atoms with Gasteiger partial charge in [-0.2, -0.15) is 0 Å². The molecule has 156 valence electrons. The Morgan fingerprint density at radius 3 is 2.17 bits per heavy atom. The molecule has 2 amide bonds. The fraction of sp³-hybridized carbons (Fsp3) is 0.391. The lowest BCUT2D eigenvalue weighted by Crippen LogP contribution is -2.30. The van der Waals surface area contributed by atoms with E-state index in [0.717, 1.165) is 5.56 Å². The van der Waals surface area contributed by atoms with Gasteiger partial charge in [-0.1, -0.05) is 19.9 Å². The van der Waals surface area contributed by atoms with Crippen molar-refractivity contribution >= 4 is 17.5 Å². The topological polar surface area (TPSA) is 67.9 Å². The number of ether oxygens (including phenoxy) is 2. The van der Waals surface area contributed by atoms with E-state index in [1.54, 1.807) is 45.3 Å². The molecule has 0 aliphatic heterocycles. The number of nitrogens with zero attached hydrogens (tertiary/aromatic N) is 1. The molecule has 0 heterocycles. The van der Waals surface area contributed by atoms with Crippen molar-refractivity contribution in [3.8, 4) is 11.5 Å². The molecule has 0 saturated heterocycles. The fourth-order valence-corrected chi connectivity index (χ4v) is 2.78. The molecule has 6 heteroatoms. The van der Waals surface area contributed by atoms with Crippen molar-refractivity contribution in [2.75, 3.05) is 26.0 Å². The van der Waals surface area contributed by atoms with Gasteiger partial charge in [-0.3, -0.25) is 9.59 Å². The molecule has 1 unspecified atom stereocenters. The molecule has 0 radical (unpaired) electrons. The van der Waals surface area contributed by atoms with Gasteiger partial charge in [0.25, 0.3) is 11.8 Å². The molecule has 0 spiro atoms. The van der Waals surface area contributed by atoms with Crippen LogP contribution in [0.3, 0.4) is 0 Å². The largest absolute Gasteiger partial charge is 0.484 e. The Balaban J connectivity index is 1.90. The van der Waals surface area contributed by atoms with Gasteiger partial charge in [-0.15, -0.1) is 0 Å². The summed E-state index contributed by atoms with van der Waals surface area (Å²) in [4.78, 5) is 25.5. The second-order valence-corrected chi connectivity index (χ2v) is 7.52. The van der Waals surface area contributed by atoms with Gasteiger partial charge >= 0.3 is 0 Å². The molecule has 2 aromatic rings. The first kappa shape index (κ1) is 22.3. The average molecular weight is 399 g/mol. The number of benzene rings is 2. The molecule has 29 heavy (non-hydrogen) atoms. The summed E-state index contributed by atoms with van der Waals surface area (Å²) in [5, 5.41) is 2.82. The van der Waals surface area contributed by atoms with Crippen LogP contribution >= 0.6 is 0 Å². The van der Waals surface area contributed by atoms with Crippen molar-refractivity contribution < 1.29 is 19.1 Å². The summed E-state index contributed by atoms with van der Waals surface area (Å²) >= 11 is 0. The van der Waals surface area contributed by atoms with E-state index in [-0.39, 0.29) is 18.4 Å². The third-order valence-electron chi connectivity index (χ3n) is 4.53. The molecule has 0 fully saturated rings. The van der Waals surface area contributed by atoms with E-state index in [1.165, 1.54) is 10.5 Å². The standard InChI is InChI=1S/C23H30N2O4/c1-15(2)21-12-11-20(13-16(21)3)29-17(4)23(27)24-18-7-9-19(10-8-18)28-14-22(26)25(5)6/h7-13,15,17H,14H2,1-6H3,(H,24,27). The number of rotatable bonds is 8. The zero-order valence-corrected chi connectivity index (χ0v) is 18.0. The summed E-state index contributed by atoms with van der Waals surface area (Å²) in [5.41, 5.74) is 3.04. The van der Waals surface area contributed by atoms with Crippen LogP contribution in [-0.2, 0) is 9.59 Å². The van der Waals surface area contributed by atoms with Crippen LogP contribution in [0, 0.1) is 6.92 Å². The molecular formula is C23H30N2O4. The highest BCUT2D eigenvalue weighted by atomic mass is 16.5. The maximum atomic E-state index is 12.4. The molecule has 2 rings (SSSR count). The van der Waals surface area contributed by atoms with Crippen LogP contribution in [0.1, 0.15) is 37.8 Å². The number of carbonyl (C=O) groups excluding carboxylic acids is 2. The summed E-state index contributed by atoms with van der Waals surface area (Å²) in [6, 6.07) is 12.8. The number of carbonyl (C=O) groups is 2. The van der Waals surface area contributed by atoms with Crippen LogP contribution in [0.5, 0.6) is 11.5 Å². The minimum absolute atomic E-state index is 0.0292. The molecule has 6 nitrogen and oxygen atoms in total. The maximum Gasteiger partial charge on any atom is 0.265 e. The van der Waals surface area contributed by atoms with Crippen molar-refractivity contribution in [3.63, 3.8) is 0 Å². The van der Waals surface area contributed by atoms with Gasteiger partial charge in [0, 0.05) is 19.8 Å². The summed E-state index contributed by atoms with van der Waals surface area (Å²) < 4.78 is 11.2. The van der Waals surface area contributed by atoms with Gasteiger partial charge in [-0.25, -0.2) is 0 Å². The van der Waals surface area contributed by atoms with E-state index in [2.05, 4.69) is 19.2 Å². The monoisotopic (exact) mass is 398 g/mol. The molecule has 0 aliphatic carbocycles. The highest BCUT2D eigenvalue weighted by Gasteiger charge is 2.16. The van der Waals surface area contributed by atoms with Crippen LogP contribution in [0.4, 0.5) is 5.69 Å². The first-order valence-corrected chi connectivity index (χ1v) is 9.68. The van der Waals surface area contributed by atoms with E-state index < -0.39 is 6.10 Å². The molecule has 0 aromatic heterocycles. The number of hydrogen-bond donors (Lipinski definition) is 1. The maximum absolute atomic E-state index is 12.4. The van der Waals surface area contributed by atoms with Gasteiger partial charge in [0.05, 0.1) is 0 Å². The van der Waals surface area contributed by atoms with Gasteiger partial charge in [0.1, 0.15) is 11.5 Å². The zero-order valence-electron chi connectivity index (χ0n) is 18.0. The van der Waals surface area contributed by atoms with Crippen LogP contribution in [-0.4, -0.2) is 43.5 Å². The Bertz CT molecular complexity index is 844. The summed E-state index contributed by atoms with van der Waals surface area (Å²) in [6.45, 7) is 8.03. The van der Waals surface area contributed by atoms with E-state index in [0.29, 0.717) is 23.1 Å². The lowest BCUT2D eigenvalue weighted by atomic mass is 9.98. The Hall–Kier alpha value is -3.02. The van der Waals surface area contributed by atoms with Crippen molar-refractivity contribution in [3.05, 3.63) is 53.6 Å². The highest BCUT2D eigenvalue weighted by molar-refractivity contribution is 5.94. The molecule has 0 bridgehead atoms. The summed E-state index contributed by atoms with van der Waals surface area (Å²) in [7, 11) is 3.35. The molecule has 0 aliphatic rings. The van der Waals surface area contributed by atoms with Crippen molar-refractivity contribution in [2.45, 2.75) is 39.7 Å². The number of anilines is 1. The predicted molar refractivity (Wildman–Crippen MR) is 115 cm³/mol. The quantitative estimate of drug-likeness (QED) is 0.730. The van der Waals surface area contributed by atoms with Crippen LogP contribution in [0.15, 0.2) is 42.5 Å². The first-order valence-electron chi connectivity index (χ1n) is 9.68. The number of nitrogens with one attached hydrogen (secondary N) is 1. The molecule has 2 aromatic carbocycles. The zero-order chi connectivity index (χ0) is 21.6. The normalized spacial score (nSPS) is 11.7. The SMILES string of the molecule is Cc1cc(OC(C)C(=O)Nc2ccc(OCC(=O)N(C)C)cc2)ccc1C(C)C. The Kier molecular flexibility index (Phi) is 7.65. The van der Waals surface area contributed by atoms with Gasteiger partial charge in [-0.05, 0) is 67.3 Å². The Labute approximate surface area is 172 Å². The Morgan fingerprint density at radius 2 is 1.62 bits per heavy atom. The number of aryl methyl sites for hydroxylation is 1. The van der Waals surface area contributed by atoms with Crippen LogP contribution in [0.2, 0.25) is 0 Å². The van der Waals surface area contributed by atoms with Crippen molar-refractivity contribution in [1.29, 1.82) is 0 Å². The third kappa shape index (κ3) is 6.52. The van der Waals surface area contributed by atoms with Crippen molar-refractivity contribution in [1.82, 2.24) is 4.90 Å². The number of likely N-dealkylation sites (N-methyl/N-ethyl adjacent to an activating group) is 1.